The molecule has 2 aromatic heterocycles. The zero-order valence-corrected chi connectivity index (χ0v) is 13.0. The normalized spacial score (nSPS) is 18.0. The van der Waals surface area contributed by atoms with Crippen LogP contribution in [0.15, 0.2) is 60.3 Å². The number of nitrogens with zero attached hydrogens (tertiary/aromatic N) is 3. The van der Waals surface area contributed by atoms with E-state index in [1.54, 1.807) is 11.8 Å². The molecule has 1 aliphatic heterocycles. The highest BCUT2D eigenvalue weighted by Gasteiger charge is 2.28. The van der Waals surface area contributed by atoms with Gasteiger partial charge in [0.05, 0.1) is 17.6 Å². The first-order valence-corrected chi connectivity index (χ1v) is 8.08. The molecule has 3 aromatic rings. The number of fused-ring (bicyclic) bond motifs is 1. The molecule has 0 saturated carbocycles. The molecule has 0 saturated heterocycles. The van der Waals surface area contributed by atoms with E-state index in [1.807, 2.05) is 30.6 Å². The van der Waals surface area contributed by atoms with Crippen LogP contribution in [-0.2, 0) is 0 Å². The molecule has 1 unspecified atom stereocenters. The Bertz CT molecular complexity index is 868. The van der Waals surface area contributed by atoms with E-state index in [2.05, 4.69) is 50.9 Å². The Balaban J connectivity index is 1.83. The zero-order chi connectivity index (χ0) is 15.1. The number of rotatable bonds is 2. The molecular formula is C17H16N4S. The molecule has 0 amide bonds. The third-order valence-corrected chi connectivity index (χ3v) is 4.64. The first-order chi connectivity index (χ1) is 10.7. The molecule has 0 radical (unpaired) electrons. The molecule has 0 aliphatic carbocycles. The van der Waals surface area contributed by atoms with Gasteiger partial charge in [0.25, 0.3) is 0 Å². The summed E-state index contributed by atoms with van der Waals surface area (Å²) >= 11 is 1.62. The minimum absolute atomic E-state index is 0.119. The highest BCUT2D eigenvalue weighted by atomic mass is 32.2. The lowest BCUT2D eigenvalue weighted by Crippen LogP contribution is -2.34. The van der Waals surface area contributed by atoms with Crippen LogP contribution in [0.1, 0.15) is 11.3 Å². The average Bonchev–Trinajstić information content (AvgIpc) is 3.10. The van der Waals surface area contributed by atoms with Crippen LogP contribution < -0.4 is 10.6 Å². The Morgan fingerprint density at radius 3 is 2.95 bits per heavy atom. The minimum Gasteiger partial charge on any atom is -0.314 e. The number of benzene rings is 1. The number of pyridine rings is 1. The van der Waals surface area contributed by atoms with Gasteiger partial charge < -0.3 is 10.6 Å². The summed E-state index contributed by atoms with van der Waals surface area (Å²) in [5.74, 6) is 0. The van der Waals surface area contributed by atoms with Crippen molar-refractivity contribution < 1.29 is 0 Å². The molecule has 3 heterocycles. The highest BCUT2D eigenvalue weighted by molar-refractivity contribution is 8.03. The summed E-state index contributed by atoms with van der Waals surface area (Å²) < 4.78 is 2.09. The number of aromatic nitrogens is 2. The quantitative estimate of drug-likeness (QED) is 0.788. The Morgan fingerprint density at radius 2 is 2.09 bits per heavy atom. The Hall–Kier alpha value is -2.24. The van der Waals surface area contributed by atoms with E-state index in [-0.39, 0.29) is 5.50 Å². The van der Waals surface area contributed by atoms with E-state index in [9.17, 15) is 0 Å². The van der Waals surface area contributed by atoms with Crippen LogP contribution in [0.2, 0.25) is 0 Å². The average molecular weight is 308 g/mol. The van der Waals surface area contributed by atoms with Crippen molar-refractivity contribution in [1.29, 1.82) is 0 Å². The number of imidazole rings is 1. The summed E-state index contributed by atoms with van der Waals surface area (Å²) in [6.07, 6.45) is 3.93. The molecule has 1 aliphatic rings. The van der Waals surface area contributed by atoms with Crippen molar-refractivity contribution in [1.82, 2.24) is 9.38 Å². The van der Waals surface area contributed by atoms with Gasteiger partial charge >= 0.3 is 0 Å². The second kappa shape index (κ2) is 5.19. The Morgan fingerprint density at radius 1 is 1.18 bits per heavy atom. The summed E-state index contributed by atoms with van der Waals surface area (Å²) in [7, 11) is 0. The second-order valence-corrected chi connectivity index (χ2v) is 6.30. The van der Waals surface area contributed by atoms with Crippen LogP contribution in [0.25, 0.3) is 11.3 Å². The largest absolute Gasteiger partial charge is 0.314 e. The van der Waals surface area contributed by atoms with Gasteiger partial charge in [-0.1, -0.05) is 30.0 Å². The van der Waals surface area contributed by atoms with Crippen LogP contribution >= 0.6 is 11.8 Å². The number of hydrogen-bond acceptors (Lipinski definition) is 4. The summed E-state index contributed by atoms with van der Waals surface area (Å²) in [6.45, 7) is 2.09. The Kier molecular flexibility index (Phi) is 3.17. The first kappa shape index (κ1) is 13.4. The molecular weight excluding hydrogens is 292 g/mol. The van der Waals surface area contributed by atoms with Gasteiger partial charge in [-0.2, -0.15) is 0 Å². The molecule has 4 rings (SSSR count). The van der Waals surface area contributed by atoms with Crippen LogP contribution in [0.5, 0.6) is 0 Å². The van der Waals surface area contributed by atoms with Gasteiger partial charge in [0.2, 0.25) is 0 Å². The van der Waals surface area contributed by atoms with Crippen molar-refractivity contribution in [2.75, 3.05) is 4.90 Å². The molecule has 0 bridgehead atoms. The van der Waals surface area contributed by atoms with Crippen LogP contribution in [0.4, 0.5) is 5.69 Å². The molecule has 5 heteroatoms. The fourth-order valence-corrected chi connectivity index (χ4v) is 3.62. The van der Waals surface area contributed by atoms with E-state index in [0.717, 1.165) is 22.7 Å². The number of thioether (sulfide) groups is 1. The lowest BCUT2D eigenvalue weighted by atomic mass is 10.2. The van der Waals surface area contributed by atoms with Crippen molar-refractivity contribution in [3.05, 3.63) is 71.5 Å². The monoisotopic (exact) mass is 308 g/mol. The van der Waals surface area contributed by atoms with E-state index < -0.39 is 0 Å². The number of nitrogens with two attached hydrogens (primary N) is 1. The number of hydrogen-bond donors (Lipinski definition) is 1. The van der Waals surface area contributed by atoms with Crippen LogP contribution in [-0.4, -0.2) is 14.9 Å². The van der Waals surface area contributed by atoms with Crippen molar-refractivity contribution in [2.45, 2.75) is 12.4 Å². The predicted molar refractivity (Wildman–Crippen MR) is 92.4 cm³/mol. The fourth-order valence-electron chi connectivity index (χ4n) is 2.76. The van der Waals surface area contributed by atoms with Gasteiger partial charge in [0.15, 0.2) is 0 Å². The molecule has 0 spiro atoms. The van der Waals surface area contributed by atoms with Gasteiger partial charge in [0.1, 0.15) is 11.1 Å². The van der Waals surface area contributed by atoms with Crippen molar-refractivity contribution in [3.63, 3.8) is 0 Å². The molecule has 22 heavy (non-hydrogen) atoms. The van der Waals surface area contributed by atoms with Crippen molar-refractivity contribution >= 4 is 28.8 Å². The maximum absolute atomic E-state index is 6.31. The molecule has 1 atom stereocenters. The topological polar surface area (TPSA) is 46.6 Å². The third kappa shape index (κ3) is 2.10. The van der Waals surface area contributed by atoms with Crippen molar-refractivity contribution in [3.8, 4) is 0 Å². The summed E-state index contributed by atoms with van der Waals surface area (Å²) in [6, 6.07) is 14.4. The smallest absolute Gasteiger partial charge is 0.137 e. The molecule has 1 aromatic carbocycles. The Labute approximate surface area is 133 Å². The van der Waals surface area contributed by atoms with Crippen molar-refractivity contribution in [2.24, 2.45) is 5.73 Å². The number of aryl methyl sites for hydroxylation is 1. The summed E-state index contributed by atoms with van der Waals surface area (Å²) in [5, 5.41) is 2.11. The van der Waals surface area contributed by atoms with Crippen LogP contribution in [0.3, 0.4) is 0 Å². The molecule has 2 N–H and O–H groups in total. The van der Waals surface area contributed by atoms with Gasteiger partial charge in [-0.25, -0.2) is 4.98 Å². The van der Waals surface area contributed by atoms with Crippen LogP contribution in [0, 0.1) is 6.92 Å². The lowest BCUT2D eigenvalue weighted by molar-refractivity contribution is 0.929. The van der Waals surface area contributed by atoms with Gasteiger partial charge in [-0.05, 0) is 36.8 Å². The van der Waals surface area contributed by atoms with Gasteiger partial charge in [0, 0.05) is 17.3 Å². The maximum atomic E-state index is 6.31. The molecule has 4 nitrogen and oxygen atoms in total. The summed E-state index contributed by atoms with van der Waals surface area (Å²) in [5.41, 5.74) is 11.6. The lowest BCUT2D eigenvalue weighted by Gasteiger charge is -2.26. The SMILES string of the molecule is Cc1cccc(N2C(c3cnc4ccccn34)=CSC2N)c1. The number of anilines is 1. The maximum Gasteiger partial charge on any atom is 0.137 e. The molecule has 0 fully saturated rings. The van der Waals surface area contributed by atoms with E-state index in [0.29, 0.717) is 0 Å². The van der Waals surface area contributed by atoms with Gasteiger partial charge in [-0.15, -0.1) is 0 Å². The molecule has 110 valence electrons. The van der Waals surface area contributed by atoms with Gasteiger partial charge in [-0.3, -0.25) is 4.40 Å². The first-order valence-electron chi connectivity index (χ1n) is 7.13. The highest BCUT2D eigenvalue weighted by Crippen LogP contribution is 2.38. The van der Waals surface area contributed by atoms with E-state index in [4.69, 9.17) is 5.73 Å². The fraction of sp³-hybridized carbons (Fsp3) is 0.118. The summed E-state index contributed by atoms with van der Waals surface area (Å²) in [4.78, 5) is 6.64. The second-order valence-electron chi connectivity index (χ2n) is 5.31. The zero-order valence-electron chi connectivity index (χ0n) is 12.2. The standard InChI is InChI=1S/C17H16N4S/c1-12-5-4-6-13(9-12)21-15(11-22-17(21)18)14-10-19-16-7-2-3-8-20(14)16/h2-11,17H,18H2,1H3. The van der Waals surface area contributed by atoms with E-state index in [1.165, 1.54) is 5.56 Å². The minimum atomic E-state index is -0.119. The third-order valence-electron chi connectivity index (χ3n) is 3.79. The predicted octanol–water partition coefficient (Wildman–Crippen LogP) is 3.44. The van der Waals surface area contributed by atoms with E-state index >= 15 is 0 Å².